The summed E-state index contributed by atoms with van der Waals surface area (Å²) in [5.41, 5.74) is 4.62. The van der Waals surface area contributed by atoms with Crippen LogP contribution in [-0.4, -0.2) is 156 Å². The number of piperazine rings is 1. The third-order valence-corrected chi connectivity index (χ3v) is 13.0. The molecule has 0 aromatic carbocycles. The number of nitrogens with one attached hydrogen (secondary N) is 3. The minimum Gasteiger partial charge on any atom is -0.478 e. The summed E-state index contributed by atoms with van der Waals surface area (Å²) in [5, 5.41) is 19.4. The number of hydrogen-bond donors (Lipinski definition) is 3. The summed E-state index contributed by atoms with van der Waals surface area (Å²) in [6, 6.07) is 6.09. The normalized spacial score (nSPS) is 17.2. The van der Waals surface area contributed by atoms with Gasteiger partial charge in [-0.05, 0) is 77.8 Å². The minimum atomic E-state index is -0.566. The number of rotatable bonds is 19. The zero-order valence-electron chi connectivity index (χ0n) is 41.2. The number of piperidine rings is 1. The van der Waals surface area contributed by atoms with Crippen molar-refractivity contribution < 1.29 is 19.0 Å². The summed E-state index contributed by atoms with van der Waals surface area (Å²) in [6.45, 7) is 19.2. The van der Waals surface area contributed by atoms with Gasteiger partial charge in [0.25, 0.3) is 5.88 Å². The fourth-order valence-electron chi connectivity index (χ4n) is 9.25. The first-order valence-corrected chi connectivity index (χ1v) is 24.7. The van der Waals surface area contributed by atoms with E-state index in [1.165, 1.54) is 19.3 Å². The Labute approximate surface area is 403 Å². The molecule has 1 amide bonds. The second-order valence-corrected chi connectivity index (χ2v) is 19.3. The molecule has 21 heteroatoms. The van der Waals surface area contributed by atoms with Gasteiger partial charge in [-0.2, -0.15) is 19.6 Å². The summed E-state index contributed by atoms with van der Waals surface area (Å²) >= 11 is 0. The van der Waals surface area contributed by atoms with Gasteiger partial charge in [0.05, 0.1) is 38.5 Å². The summed E-state index contributed by atoms with van der Waals surface area (Å²) in [5.74, 6) is 4.19. The molecule has 6 aromatic heterocycles. The number of aromatic nitrogens is 10. The zero-order valence-corrected chi connectivity index (χ0v) is 41.2. The van der Waals surface area contributed by atoms with Crippen LogP contribution >= 0.6 is 0 Å². The number of carbonyl (C=O) groups is 1. The van der Waals surface area contributed by atoms with Gasteiger partial charge in [0.1, 0.15) is 22.9 Å². The molecule has 6 aromatic rings. The molecule has 3 aliphatic rings. The summed E-state index contributed by atoms with van der Waals surface area (Å²) in [7, 11) is 3.53. The molecule has 69 heavy (non-hydrogen) atoms. The average Bonchev–Trinajstić information content (AvgIpc) is 4.17. The maximum absolute atomic E-state index is 12.5. The van der Waals surface area contributed by atoms with Crippen molar-refractivity contribution in [2.45, 2.75) is 97.4 Å². The third-order valence-electron chi connectivity index (χ3n) is 13.0. The van der Waals surface area contributed by atoms with Crippen LogP contribution in [0.3, 0.4) is 0 Å². The second kappa shape index (κ2) is 21.4. The lowest BCUT2D eigenvalue weighted by Gasteiger charge is -2.34. The van der Waals surface area contributed by atoms with E-state index < -0.39 is 11.7 Å². The number of hydrogen-bond acceptors (Lipinski definition) is 17. The Morgan fingerprint density at radius 3 is 2.42 bits per heavy atom. The Morgan fingerprint density at radius 2 is 1.68 bits per heavy atom. The molecule has 0 aliphatic carbocycles. The topological polar surface area (TPSA) is 198 Å². The molecule has 21 nitrogen and oxygen atoms in total. The third kappa shape index (κ3) is 11.9. The van der Waals surface area contributed by atoms with E-state index in [1.54, 1.807) is 13.4 Å². The van der Waals surface area contributed by atoms with Gasteiger partial charge < -0.3 is 54.3 Å². The van der Waals surface area contributed by atoms with Crippen molar-refractivity contribution in [2.24, 2.45) is 7.05 Å². The highest BCUT2D eigenvalue weighted by molar-refractivity contribution is 5.87. The minimum absolute atomic E-state index is 0.0827. The molecule has 3 aliphatic heterocycles. The maximum Gasteiger partial charge on any atom is 0.407 e. The lowest BCUT2D eigenvalue weighted by atomic mass is 10.1. The lowest BCUT2D eigenvalue weighted by molar-refractivity contribution is 0.0509. The van der Waals surface area contributed by atoms with Gasteiger partial charge in [0.2, 0.25) is 11.8 Å². The number of pyridine rings is 1. The van der Waals surface area contributed by atoms with E-state index in [1.807, 2.05) is 66.2 Å². The number of ether oxygens (including phenoxy) is 3. The smallest absolute Gasteiger partial charge is 0.407 e. The number of nitrogens with zero attached hydrogens (tertiary/aromatic N) is 14. The molecule has 9 rings (SSSR count). The first kappa shape index (κ1) is 47.6. The molecule has 370 valence electrons. The van der Waals surface area contributed by atoms with Gasteiger partial charge in [0, 0.05) is 103 Å². The summed E-state index contributed by atoms with van der Waals surface area (Å²) < 4.78 is 23.0. The van der Waals surface area contributed by atoms with Crippen LogP contribution in [0, 0.1) is 0 Å². The first-order chi connectivity index (χ1) is 33.5. The van der Waals surface area contributed by atoms with Crippen LogP contribution in [0.4, 0.5) is 33.9 Å². The molecular weight excluding hydrogens is 879 g/mol. The molecule has 3 N–H and O–H groups in total. The number of amides is 1. The SMILES string of the molecule is CCc1cnn2c(NCc3ccc(OCCCN4CCN(CCCn5cc(Nc6nc(N7CCC(NC(=O)OC(C)(C)C)C7)nc7c6ncn7C)c(OC)n5)CC4)nc3)cc(N3CCCCC3)nc12. The van der Waals surface area contributed by atoms with Gasteiger partial charge >= 0.3 is 6.09 Å². The van der Waals surface area contributed by atoms with E-state index in [9.17, 15) is 4.79 Å². The molecule has 1 atom stereocenters. The van der Waals surface area contributed by atoms with E-state index in [0.717, 1.165) is 113 Å². The van der Waals surface area contributed by atoms with Gasteiger partial charge in [-0.15, -0.1) is 5.10 Å². The highest BCUT2D eigenvalue weighted by Gasteiger charge is 2.29. The van der Waals surface area contributed by atoms with Gasteiger partial charge in [0.15, 0.2) is 22.6 Å². The van der Waals surface area contributed by atoms with Crippen molar-refractivity contribution in [3.05, 3.63) is 54.2 Å². The van der Waals surface area contributed by atoms with Crippen LogP contribution in [0.1, 0.15) is 77.3 Å². The highest BCUT2D eigenvalue weighted by Crippen LogP contribution is 2.31. The van der Waals surface area contributed by atoms with Crippen molar-refractivity contribution in [3.8, 4) is 11.8 Å². The Bertz CT molecular complexity index is 2640. The number of carbonyl (C=O) groups excluding carboxylic acids is 1. The van der Waals surface area contributed by atoms with Crippen LogP contribution in [0.5, 0.6) is 11.8 Å². The molecule has 0 radical (unpaired) electrons. The Morgan fingerprint density at radius 1 is 0.884 bits per heavy atom. The van der Waals surface area contributed by atoms with Crippen LogP contribution < -0.4 is 35.2 Å². The van der Waals surface area contributed by atoms with Crippen LogP contribution in [0.15, 0.2) is 43.1 Å². The standard InChI is InChI=1S/C48H69N17O4/c1-7-35-30-52-65-38(27-39(55-43(35)65)62-18-9-8-10-19-62)49-28-34-13-14-40(50-29-34)68-26-12-17-61-24-22-60(23-25-61)16-11-20-64-32-37(45(58-64)67-6)54-42-41-44(59(5)33-51-41)57-46(56-42)63-21-15-36(31-63)53-47(66)69-48(2,3)4/h13-14,27,29-30,32-33,36,49H,7-12,15-26,28,31H2,1-6H3,(H,53,66)(H,54,56,57). The van der Waals surface area contributed by atoms with Gasteiger partial charge in [-0.3, -0.25) is 4.68 Å². The quantitative estimate of drug-likeness (QED) is 0.0861. The van der Waals surface area contributed by atoms with Gasteiger partial charge in [-0.25, -0.2) is 19.7 Å². The summed E-state index contributed by atoms with van der Waals surface area (Å²) in [6.07, 6.45) is 14.3. The number of imidazole rings is 1. The molecule has 3 saturated heterocycles. The Balaban J connectivity index is 0.693. The Hall–Kier alpha value is -6.48. The number of aryl methyl sites for hydroxylation is 3. The molecule has 3 fully saturated rings. The average molecular weight is 948 g/mol. The monoisotopic (exact) mass is 948 g/mol. The molecule has 9 heterocycles. The molecule has 0 spiro atoms. The Kier molecular flexibility index (Phi) is 14.8. The van der Waals surface area contributed by atoms with E-state index >= 15 is 0 Å². The molecule has 0 saturated carbocycles. The van der Waals surface area contributed by atoms with Crippen LogP contribution in [0.2, 0.25) is 0 Å². The van der Waals surface area contributed by atoms with Crippen LogP contribution in [-0.2, 0) is 31.3 Å². The zero-order chi connectivity index (χ0) is 47.9. The number of methoxy groups -OCH3 is 1. The summed E-state index contributed by atoms with van der Waals surface area (Å²) in [4.78, 5) is 46.0. The maximum atomic E-state index is 12.5. The number of fused-ring (bicyclic) bond motifs is 2. The fourth-order valence-corrected chi connectivity index (χ4v) is 9.25. The lowest BCUT2D eigenvalue weighted by Crippen LogP contribution is -2.47. The van der Waals surface area contributed by atoms with Crippen molar-refractivity contribution >= 4 is 52.0 Å². The van der Waals surface area contributed by atoms with Crippen LogP contribution in [0.25, 0.3) is 16.8 Å². The second-order valence-electron chi connectivity index (χ2n) is 19.3. The highest BCUT2D eigenvalue weighted by atomic mass is 16.6. The van der Waals surface area contributed by atoms with E-state index in [4.69, 9.17) is 34.3 Å². The first-order valence-electron chi connectivity index (χ1n) is 24.7. The van der Waals surface area contributed by atoms with Crippen molar-refractivity contribution in [2.75, 3.05) is 99.6 Å². The number of alkyl carbamates (subject to hydrolysis) is 1. The predicted octanol–water partition coefficient (Wildman–Crippen LogP) is 5.49. The largest absolute Gasteiger partial charge is 0.478 e. The van der Waals surface area contributed by atoms with Crippen molar-refractivity contribution in [3.63, 3.8) is 0 Å². The van der Waals surface area contributed by atoms with Crippen molar-refractivity contribution in [1.29, 1.82) is 0 Å². The molecule has 0 bridgehead atoms. The number of anilines is 5. The predicted molar refractivity (Wildman–Crippen MR) is 266 cm³/mol. The van der Waals surface area contributed by atoms with E-state index in [0.29, 0.717) is 66.6 Å². The van der Waals surface area contributed by atoms with E-state index in [2.05, 4.69) is 69.7 Å². The van der Waals surface area contributed by atoms with Gasteiger partial charge in [-0.1, -0.05) is 13.0 Å². The van der Waals surface area contributed by atoms with Crippen molar-refractivity contribution in [1.82, 2.24) is 64.0 Å². The fraction of sp³-hybridized carbons (Fsp3) is 0.583. The molecule has 1 unspecified atom stereocenters. The van der Waals surface area contributed by atoms with E-state index in [-0.39, 0.29) is 6.04 Å². The molecular formula is C48H69N17O4.